The van der Waals surface area contributed by atoms with E-state index in [1.54, 1.807) is 0 Å². The number of β-amino-alcohol motifs (C(OH)–C–C–N with tert-alkyl or cyclic N) is 1. The van der Waals surface area contributed by atoms with Crippen molar-refractivity contribution in [1.29, 1.82) is 0 Å². The minimum atomic E-state index is -0.617. The third-order valence-corrected chi connectivity index (χ3v) is 12.0. The zero-order valence-corrected chi connectivity index (χ0v) is 24.8. The van der Waals surface area contributed by atoms with Crippen molar-refractivity contribution >= 4 is 11.6 Å². The first-order chi connectivity index (χ1) is 18.2. The van der Waals surface area contributed by atoms with Gasteiger partial charge in [0.2, 0.25) is 0 Å². The van der Waals surface area contributed by atoms with Crippen molar-refractivity contribution in [2.75, 3.05) is 39.4 Å². The minimum absolute atomic E-state index is 0.0966. The van der Waals surface area contributed by atoms with Crippen LogP contribution in [0.3, 0.4) is 0 Å². The fourth-order valence-electron chi connectivity index (χ4n) is 9.47. The van der Waals surface area contributed by atoms with Gasteiger partial charge in [-0.25, -0.2) is 0 Å². The summed E-state index contributed by atoms with van der Waals surface area (Å²) in [6, 6.07) is 0.466. The van der Waals surface area contributed by atoms with E-state index in [-0.39, 0.29) is 17.4 Å². The Labute approximate surface area is 236 Å². The first-order valence-electron chi connectivity index (χ1n) is 15.9. The molecular weight excluding hydrogens is 500 g/mol. The molecule has 0 bridgehead atoms. The standard InChI is InChI=1S/C31H55ClN2O4/c1-30(2)19-34(20-31(30,37)22-8-10-23(32)11-9-22)14-4-6-25-26-5-3-13-33-28(26)18-38-29-12-7-21(16-27(25)29)15-24(36)17-35/h21-29,33,35-37H,3-20H2,1-2H3/t21-,22-,23+,24?,25-,26+,27-,28-,29?,31?/m1/s1. The van der Waals surface area contributed by atoms with Gasteiger partial charge in [-0.3, -0.25) is 4.90 Å². The highest BCUT2D eigenvalue weighted by atomic mass is 35.5. The molecule has 4 N–H and O–H groups in total. The monoisotopic (exact) mass is 554 g/mol. The SMILES string of the molecule is CC1(C)CN(CCC[C@@H]2[C@@H]3CCCN[C@@H]3COC3CC[C@H](CC(O)CO)C[C@@H]32)CC1(O)[C@H]1CC[C@@H](Cl)CC1. The van der Waals surface area contributed by atoms with Crippen molar-refractivity contribution < 1.29 is 20.1 Å². The highest BCUT2D eigenvalue weighted by Gasteiger charge is 2.55. The maximum atomic E-state index is 12.0. The van der Waals surface area contributed by atoms with Gasteiger partial charge in [-0.2, -0.15) is 0 Å². The second-order valence-corrected chi connectivity index (χ2v) is 15.0. The van der Waals surface area contributed by atoms with Crippen molar-refractivity contribution in [3.8, 4) is 0 Å². The van der Waals surface area contributed by atoms with Crippen LogP contribution in [0.1, 0.15) is 90.9 Å². The Morgan fingerprint density at radius 1 is 1.05 bits per heavy atom. The lowest BCUT2D eigenvalue weighted by atomic mass is 9.65. The number of piperidine rings is 1. The molecule has 6 nitrogen and oxygen atoms in total. The largest absolute Gasteiger partial charge is 0.394 e. The third kappa shape index (κ3) is 6.27. The molecule has 7 heteroatoms. The molecule has 0 aromatic heterocycles. The fraction of sp³-hybridized carbons (Fsp3) is 1.00. The van der Waals surface area contributed by atoms with Gasteiger partial charge in [0.1, 0.15) is 0 Å². The normalized spacial score (nSPS) is 44.7. The van der Waals surface area contributed by atoms with Gasteiger partial charge in [0.05, 0.1) is 31.0 Å². The molecule has 3 heterocycles. The molecule has 38 heavy (non-hydrogen) atoms. The number of hydrogen-bond acceptors (Lipinski definition) is 6. The van der Waals surface area contributed by atoms with E-state index in [9.17, 15) is 15.3 Å². The molecule has 5 aliphatic rings. The number of aliphatic hydroxyl groups is 3. The van der Waals surface area contributed by atoms with Crippen LogP contribution in [0.2, 0.25) is 0 Å². The molecule has 3 saturated heterocycles. The Morgan fingerprint density at radius 2 is 1.84 bits per heavy atom. The summed E-state index contributed by atoms with van der Waals surface area (Å²) in [6.07, 6.45) is 12.8. The molecule has 2 aliphatic carbocycles. The molecule has 3 aliphatic heterocycles. The predicted molar refractivity (Wildman–Crippen MR) is 152 cm³/mol. The van der Waals surface area contributed by atoms with Gasteiger partial charge in [0.25, 0.3) is 0 Å². The number of likely N-dealkylation sites (tertiary alicyclic amines) is 1. The minimum Gasteiger partial charge on any atom is -0.394 e. The first-order valence-corrected chi connectivity index (χ1v) is 16.4. The van der Waals surface area contributed by atoms with E-state index in [2.05, 4.69) is 24.1 Å². The average Bonchev–Trinajstić information content (AvgIpc) is 3.04. The molecule has 2 saturated carbocycles. The first kappa shape index (κ1) is 29.5. The molecule has 0 aromatic rings. The zero-order valence-electron chi connectivity index (χ0n) is 24.0. The summed E-state index contributed by atoms with van der Waals surface area (Å²) in [5.74, 6) is 2.70. The summed E-state index contributed by atoms with van der Waals surface area (Å²) >= 11 is 6.40. The number of nitrogens with one attached hydrogen (secondary N) is 1. The number of fused-ring (bicyclic) bond motifs is 2. The Balaban J connectivity index is 1.23. The van der Waals surface area contributed by atoms with Crippen molar-refractivity contribution in [2.24, 2.45) is 35.0 Å². The van der Waals surface area contributed by atoms with Crippen LogP contribution in [0.5, 0.6) is 0 Å². The van der Waals surface area contributed by atoms with Crippen LogP contribution in [0.4, 0.5) is 0 Å². The smallest absolute Gasteiger partial charge is 0.0864 e. The summed E-state index contributed by atoms with van der Waals surface area (Å²) in [6.45, 7) is 9.18. The molecule has 8 atom stereocenters. The van der Waals surface area contributed by atoms with E-state index in [1.165, 1.54) is 25.7 Å². The molecule has 220 valence electrons. The van der Waals surface area contributed by atoms with Crippen LogP contribution in [0.15, 0.2) is 0 Å². The quantitative estimate of drug-likeness (QED) is 0.337. The maximum Gasteiger partial charge on any atom is 0.0864 e. The topological polar surface area (TPSA) is 85.2 Å². The molecule has 0 amide bonds. The van der Waals surface area contributed by atoms with E-state index in [0.29, 0.717) is 48.2 Å². The van der Waals surface area contributed by atoms with E-state index in [1.807, 2.05) is 0 Å². The summed E-state index contributed by atoms with van der Waals surface area (Å²) in [4.78, 5) is 2.55. The number of aliphatic hydroxyl groups excluding tert-OH is 2. The highest BCUT2D eigenvalue weighted by molar-refractivity contribution is 6.20. The highest BCUT2D eigenvalue weighted by Crippen LogP contribution is 2.50. The van der Waals surface area contributed by atoms with Gasteiger partial charge in [-0.05, 0) is 120 Å². The van der Waals surface area contributed by atoms with Crippen molar-refractivity contribution in [2.45, 2.75) is 120 Å². The molecule has 5 rings (SSSR count). The Kier molecular flexibility index (Phi) is 9.72. The van der Waals surface area contributed by atoms with E-state index in [4.69, 9.17) is 16.3 Å². The Hall–Kier alpha value is 0.0500. The summed E-state index contributed by atoms with van der Waals surface area (Å²) in [5.41, 5.74) is -0.714. The maximum absolute atomic E-state index is 12.0. The van der Waals surface area contributed by atoms with Gasteiger partial charge >= 0.3 is 0 Å². The second-order valence-electron chi connectivity index (χ2n) is 14.4. The molecule has 0 spiro atoms. The molecule has 5 fully saturated rings. The molecule has 0 aromatic carbocycles. The lowest BCUT2D eigenvalue weighted by Crippen LogP contribution is -2.51. The van der Waals surface area contributed by atoms with Crippen LogP contribution in [-0.4, -0.2) is 88.8 Å². The van der Waals surface area contributed by atoms with Crippen molar-refractivity contribution in [3.63, 3.8) is 0 Å². The van der Waals surface area contributed by atoms with Crippen LogP contribution < -0.4 is 5.32 Å². The van der Waals surface area contributed by atoms with Gasteiger partial charge < -0.3 is 25.4 Å². The third-order valence-electron chi connectivity index (χ3n) is 11.6. The van der Waals surface area contributed by atoms with Crippen LogP contribution >= 0.6 is 11.6 Å². The van der Waals surface area contributed by atoms with Crippen LogP contribution in [0.25, 0.3) is 0 Å². The van der Waals surface area contributed by atoms with Crippen LogP contribution in [-0.2, 0) is 4.74 Å². The Morgan fingerprint density at radius 3 is 2.61 bits per heavy atom. The van der Waals surface area contributed by atoms with Crippen molar-refractivity contribution in [3.05, 3.63) is 0 Å². The van der Waals surface area contributed by atoms with E-state index < -0.39 is 11.7 Å². The lowest BCUT2D eigenvalue weighted by molar-refractivity contribution is -0.0888. The predicted octanol–water partition coefficient (Wildman–Crippen LogP) is 4.18. The average molecular weight is 555 g/mol. The summed E-state index contributed by atoms with van der Waals surface area (Å²) in [7, 11) is 0. The summed E-state index contributed by atoms with van der Waals surface area (Å²) < 4.78 is 6.57. The number of alkyl halides is 1. The zero-order chi connectivity index (χ0) is 26.9. The second kappa shape index (κ2) is 12.5. The van der Waals surface area contributed by atoms with Crippen LogP contribution in [0, 0.1) is 35.0 Å². The number of ether oxygens (including phenoxy) is 1. The number of hydrogen-bond donors (Lipinski definition) is 4. The number of nitrogens with zero attached hydrogens (tertiary/aromatic N) is 1. The van der Waals surface area contributed by atoms with Gasteiger partial charge in [-0.15, -0.1) is 11.6 Å². The van der Waals surface area contributed by atoms with E-state index in [0.717, 1.165) is 77.7 Å². The van der Waals surface area contributed by atoms with E-state index >= 15 is 0 Å². The summed E-state index contributed by atoms with van der Waals surface area (Å²) in [5, 5.41) is 35.6. The van der Waals surface area contributed by atoms with Gasteiger partial charge in [0, 0.05) is 29.9 Å². The Bertz CT molecular complexity index is 762. The van der Waals surface area contributed by atoms with Gasteiger partial charge in [-0.1, -0.05) is 13.8 Å². The molecule has 0 radical (unpaired) electrons. The molecular formula is C31H55ClN2O4. The lowest BCUT2D eigenvalue weighted by Gasteiger charge is -2.44. The number of halogens is 1. The number of rotatable bonds is 8. The molecule has 3 unspecified atom stereocenters. The van der Waals surface area contributed by atoms with Crippen molar-refractivity contribution in [1.82, 2.24) is 10.2 Å². The van der Waals surface area contributed by atoms with Gasteiger partial charge in [0.15, 0.2) is 0 Å². The fourth-order valence-corrected chi connectivity index (χ4v) is 9.72.